The van der Waals surface area contributed by atoms with E-state index in [4.69, 9.17) is 4.74 Å². The maximum Gasteiger partial charge on any atom is 0.127 e. The third kappa shape index (κ3) is 2.09. The first-order valence-corrected chi connectivity index (χ1v) is 7.90. The van der Waals surface area contributed by atoms with Crippen LogP contribution in [0, 0.1) is 20.8 Å². The van der Waals surface area contributed by atoms with E-state index in [-0.39, 0.29) is 11.5 Å². The maximum absolute atomic E-state index is 10.3. The maximum atomic E-state index is 10.3. The van der Waals surface area contributed by atoms with E-state index in [1.165, 1.54) is 5.56 Å². The summed E-state index contributed by atoms with van der Waals surface area (Å²) in [6.07, 6.45) is 0.832. The summed E-state index contributed by atoms with van der Waals surface area (Å²) in [4.78, 5) is 0. The molecule has 0 radical (unpaired) electrons. The zero-order valence-electron chi connectivity index (χ0n) is 14.0. The lowest BCUT2D eigenvalue weighted by Gasteiger charge is -2.31. The fourth-order valence-corrected chi connectivity index (χ4v) is 3.48. The molecule has 0 saturated heterocycles. The highest BCUT2D eigenvalue weighted by Crippen LogP contribution is 2.48. The Morgan fingerprint density at radius 2 is 1.68 bits per heavy atom. The summed E-state index contributed by atoms with van der Waals surface area (Å²) in [5, 5.41) is 10.3. The second-order valence-corrected chi connectivity index (χ2v) is 6.76. The first-order chi connectivity index (χ1) is 10.3. The van der Waals surface area contributed by atoms with Gasteiger partial charge in [-0.25, -0.2) is 0 Å². The number of hydrogen-bond donors (Lipinski definition) is 1. The number of benzene rings is 2. The molecule has 1 heterocycles. The van der Waals surface area contributed by atoms with E-state index in [9.17, 15) is 5.11 Å². The van der Waals surface area contributed by atoms with Gasteiger partial charge in [0.25, 0.3) is 0 Å². The topological polar surface area (TPSA) is 29.5 Å². The predicted octanol–water partition coefficient (Wildman–Crippen LogP) is 4.81. The number of fused-ring (bicyclic) bond motifs is 1. The second kappa shape index (κ2) is 5.05. The molecule has 2 unspecified atom stereocenters. The monoisotopic (exact) mass is 296 g/mol. The fourth-order valence-electron chi connectivity index (χ4n) is 3.48. The molecule has 116 valence electrons. The lowest BCUT2D eigenvalue weighted by molar-refractivity contribution is 0.0887. The molecule has 1 N–H and O–H groups in total. The van der Waals surface area contributed by atoms with Crippen LogP contribution < -0.4 is 4.74 Å². The van der Waals surface area contributed by atoms with Crippen molar-refractivity contribution in [1.29, 1.82) is 0 Å². The van der Waals surface area contributed by atoms with E-state index >= 15 is 0 Å². The van der Waals surface area contributed by atoms with Gasteiger partial charge in [-0.1, -0.05) is 37.3 Å². The molecular formula is C20H24O2. The van der Waals surface area contributed by atoms with Crippen molar-refractivity contribution in [3.8, 4) is 11.5 Å². The van der Waals surface area contributed by atoms with Crippen molar-refractivity contribution >= 4 is 0 Å². The molecule has 1 aliphatic heterocycles. The van der Waals surface area contributed by atoms with Gasteiger partial charge in [0.15, 0.2) is 0 Å². The average molecular weight is 296 g/mol. The normalized spacial score (nSPS) is 21.3. The van der Waals surface area contributed by atoms with Gasteiger partial charge in [-0.05, 0) is 49.9 Å². The predicted molar refractivity (Wildman–Crippen MR) is 89.9 cm³/mol. The molecule has 2 nitrogen and oxygen atoms in total. The lowest BCUT2D eigenvalue weighted by Crippen LogP contribution is -2.36. The highest BCUT2D eigenvalue weighted by atomic mass is 16.5. The van der Waals surface area contributed by atoms with Crippen molar-refractivity contribution in [2.75, 3.05) is 0 Å². The number of rotatable bonds is 2. The Labute approximate surface area is 132 Å². The molecule has 2 heteroatoms. The largest absolute Gasteiger partial charge is 0.507 e. The van der Waals surface area contributed by atoms with Crippen LogP contribution in [-0.2, 0) is 6.42 Å². The molecule has 2 aromatic carbocycles. The van der Waals surface area contributed by atoms with Crippen molar-refractivity contribution in [1.82, 2.24) is 0 Å². The van der Waals surface area contributed by atoms with Crippen molar-refractivity contribution < 1.29 is 9.84 Å². The van der Waals surface area contributed by atoms with E-state index in [1.54, 1.807) is 0 Å². The van der Waals surface area contributed by atoms with Gasteiger partial charge in [-0.2, -0.15) is 0 Å². The molecule has 22 heavy (non-hydrogen) atoms. The van der Waals surface area contributed by atoms with Gasteiger partial charge >= 0.3 is 0 Å². The standard InChI is InChI=1S/C20H24O2/c1-12-13(2)19-17(14(3)18(12)21)11-20(5,22-19)15(4)16-9-7-6-8-10-16/h6-10,15,21H,11H2,1-5H3. The Kier molecular flexibility index (Phi) is 3.43. The lowest BCUT2D eigenvalue weighted by atomic mass is 9.81. The van der Waals surface area contributed by atoms with Crippen LogP contribution in [0.15, 0.2) is 30.3 Å². The Bertz CT molecular complexity index is 679. The second-order valence-electron chi connectivity index (χ2n) is 6.76. The zero-order chi connectivity index (χ0) is 16.1. The third-order valence-electron chi connectivity index (χ3n) is 5.42. The van der Waals surface area contributed by atoms with Gasteiger partial charge in [-0.3, -0.25) is 0 Å². The van der Waals surface area contributed by atoms with Crippen molar-refractivity contribution in [3.63, 3.8) is 0 Å². The van der Waals surface area contributed by atoms with Gasteiger partial charge in [0.2, 0.25) is 0 Å². The number of phenols is 1. The van der Waals surface area contributed by atoms with Crippen LogP contribution in [0.5, 0.6) is 11.5 Å². The fraction of sp³-hybridized carbons (Fsp3) is 0.400. The first kappa shape index (κ1) is 15.0. The van der Waals surface area contributed by atoms with Crippen LogP contribution in [-0.4, -0.2) is 10.7 Å². The van der Waals surface area contributed by atoms with Gasteiger partial charge in [0.05, 0.1) is 0 Å². The van der Waals surface area contributed by atoms with Crippen molar-refractivity contribution in [2.24, 2.45) is 0 Å². The van der Waals surface area contributed by atoms with Crippen LogP contribution in [0.25, 0.3) is 0 Å². The Hall–Kier alpha value is -1.96. The summed E-state index contributed by atoms with van der Waals surface area (Å²) in [6.45, 7) is 10.4. The Balaban J connectivity index is 2.04. The summed E-state index contributed by atoms with van der Waals surface area (Å²) >= 11 is 0. The molecule has 0 fully saturated rings. The highest BCUT2D eigenvalue weighted by Gasteiger charge is 2.42. The number of hydrogen-bond acceptors (Lipinski definition) is 2. The SMILES string of the molecule is Cc1c(C)c2c(c(C)c1O)CC(C)(C(C)c1ccccc1)O2. The molecule has 0 aliphatic carbocycles. The molecule has 0 saturated carbocycles. The first-order valence-electron chi connectivity index (χ1n) is 7.90. The summed E-state index contributed by atoms with van der Waals surface area (Å²) in [5.74, 6) is 1.66. The van der Waals surface area contributed by atoms with Gasteiger partial charge in [0, 0.05) is 17.9 Å². The van der Waals surface area contributed by atoms with Crippen LogP contribution in [0.1, 0.15) is 47.6 Å². The minimum atomic E-state index is -0.278. The number of ether oxygens (including phenoxy) is 1. The van der Waals surface area contributed by atoms with Crippen molar-refractivity contribution in [3.05, 3.63) is 58.1 Å². The van der Waals surface area contributed by atoms with Crippen LogP contribution in [0.2, 0.25) is 0 Å². The summed E-state index contributed by atoms with van der Waals surface area (Å²) in [5.41, 5.74) is 5.11. The summed E-state index contributed by atoms with van der Waals surface area (Å²) in [7, 11) is 0. The molecule has 1 aliphatic rings. The Morgan fingerprint density at radius 1 is 1.05 bits per heavy atom. The third-order valence-corrected chi connectivity index (χ3v) is 5.42. The van der Waals surface area contributed by atoms with E-state index in [0.29, 0.717) is 5.75 Å². The molecule has 0 amide bonds. The van der Waals surface area contributed by atoms with Gasteiger partial charge in [0.1, 0.15) is 17.1 Å². The molecule has 2 atom stereocenters. The average Bonchev–Trinajstić information content (AvgIpc) is 2.90. The molecular weight excluding hydrogens is 272 g/mol. The van der Waals surface area contributed by atoms with Crippen LogP contribution >= 0.6 is 0 Å². The van der Waals surface area contributed by atoms with E-state index in [1.807, 2.05) is 26.8 Å². The summed E-state index contributed by atoms with van der Waals surface area (Å²) < 4.78 is 6.45. The molecule has 3 rings (SSSR count). The Morgan fingerprint density at radius 3 is 2.32 bits per heavy atom. The zero-order valence-corrected chi connectivity index (χ0v) is 14.0. The minimum Gasteiger partial charge on any atom is -0.507 e. The number of phenolic OH excluding ortho intramolecular Hbond substituents is 1. The molecule has 2 aromatic rings. The van der Waals surface area contributed by atoms with E-state index in [0.717, 1.165) is 34.4 Å². The quantitative estimate of drug-likeness (QED) is 0.861. The van der Waals surface area contributed by atoms with Gasteiger partial charge < -0.3 is 9.84 Å². The molecule has 0 spiro atoms. The van der Waals surface area contributed by atoms with E-state index < -0.39 is 0 Å². The van der Waals surface area contributed by atoms with Crippen LogP contribution in [0.3, 0.4) is 0 Å². The summed E-state index contributed by atoms with van der Waals surface area (Å²) in [6, 6.07) is 10.5. The van der Waals surface area contributed by atoms with Crippen molar-refractivity contribution in [2.45, 2.75) is 52.6 Å². The minimum absolute atomic E-state index is 0.278. The molecule has 0 bridgehead atoms. The smallest absolute Gasteiger partial charge is 0.127 e. The molecule has 0 aromatic heterocycles. The van der Waals surface area contributed by atoms with E-state index in [2.05, 4.69) is 38.1 Å². The van der Waals surface area contributed by atoms with Crippen LogP contribution in [0.4, 0.5) is 0 Å². The highest BCUT2D eigenvalue weighted by molar-refractivity contribution is 5.60. The number of aromatic hydroxyl groups is 1. The van der Waals surface area contributed by atoms with Gasteiger partial charge in [-0.15, -0.1) is 0 Å².